The molecule has 0 atom stereocenters. The molecule has 2 rings (SSSR count). The average molecular weight is 281 g/mol. The van der Waals surface area contributed by atoms with Gasteiger partial charge in [0.25, 0.3) is 5.91 Å². The minimum Gasteiger partial charge on any atom is -0.492 e. The maximum atomic E-state index is 12.2. The molecular formula is C16H15N3O2. The van der Waals surface area contributed by atoms with Gasteiger partial charge < -0.3 is 15.8 Å². The first kappa shape index (κ1) is 14.4. The van der Waals surface area contributed by atoms with E-state index in [2.05, 4.69) is 5.32 Å². The van der Waals surface area contributed by atoms with E-state index in [-0.39, 0.29) is 5.91 Å². The van der Waals surface area contributed by atoms with E-state index in [1.54, 1.807) is 42.5 Å². The lowest BCUT2D eigenvalue weighted by Crippen LogP contribution is -2.13. The molecule has 0 spiro atoms. The van der Waals surface area contributed by atoms with Gasteiger partial charge in [0.15, 0.2) is 0 Å². The highest BCUT2D eigenvalue weighted by molar-refractivity contribution is 6.05. The van der Waals surface area contributed by atoms with Crippen LogP contribution in [0.2, 0.25) is 0 Å². The lowest BCUT2D eigenvalue weighted by Gasteiger charge is -2.10. The van der Waals surface area contributed by atoms with Crippen LogP contribution in [0, 0.1) is 11.3 Å². The van der Waals surface area contributed by atoms with Gasteiger partial charge >= 0.3 is 0 Å². The molecule has 2 aromatic rings. The SMILES string of the molecule is CCOc1ccc(C(=O)Nc2ccccc2C#N)cc1N. The third kappa shape index (κ3) is 3.31. The van der Waals surface area contributed by atoms with Crippen LogP contribution in [0.1, 0.15) is 22.8 Å². The zero-order chi connectivity index (χ0) is 15.2. The molecule has 0 aliphatic rings. The average Bonchev–Trinajstić information content (AvgIpc) is 2.50. The number of amides is 1. The Bertz CT molecular complexity index is 705. The van der Waals surface area contributed by atoms with E-state index >= 15 is 0 Å². The largest absolute Gasteiger partial charge is 0.492 e. The zero-order valence-corrected chi connectivity index (χ0v) is 11.6. The quantitative estimate of drug-likeness (QED) is 0.843. The number of hydrogen-bond acceptors (Lipinski definition) is 4. The highest BCUT2D eigenvalue weighted by Gasteiger charge is 2.11. The Labute approximate surface area is 123 Å². The van der Waals surface area contributed by atoms with Crippen LogP contribution in [0.4, 0.5) is 11.4 Å². The number of nitriles is 1. The Kier molecular flexibility index (Phi) is 4.42. The number of hydrogen-bond donors (Lipinski definition) is 2. The zero-order valence-electron chi connectivity index (χ0n) is 11.6. The molecule has 2 aromatic carbocycles. The molecular weight excluding hydrogens is 266 g/mol. The first-order valence-corrected chi connectivity index (χ1v) is 6.48. The number of nitrogens with zero attached hydrogens (tertiary/aromatic N) is 1. The number of carbonyl (C=O) groups is 1. The third-order valence-corrected chi connectivity index (χ3v) is 2.87. The lowest BCUT2D eigenvalue weighted by molar-refractivity contribution is 0.102. The van der Waals surface area contributed by atoms with Crippen LogP contribution >= 0.6 is 0 Å². The summed E-state index contributed by atoms with van der Waals surface area (Å²) < 4.78 is 5.33. The second kappa shape index (κ2) is 6.44. The number of anilines is 2. The summed E-state index contributed by atoms with van der Waals surface area (Å²) in [6.45, 7) is 2.37. The van der Waals surface area contributed by atoms with E-state index in [4.69, 9.17) is 15.7 Å². The Morgan fingerprint density at radius 3 is 2.76 bits per heavy atom. The fraction of sp³-hybridized carbons (Fsp3) is 0.125. The van der Waals surface area contributed by atoms with Crippen molar-refractivity contribution >= 4 is 17.3 Å². The van der Waals surface area contributed by atoms with Crippen molar-refractivity contribution in [3.8, 4) is 11.8 Å². The molecule has 0 bridgehead atoms. The molecule has 0 aliphatic heterocycles. The van der Waals surface area contributed by atoms with Gasteiger partial charge in [0.2, 0.25) is 0 Å². The molecule has 1 amide bonds. The van der Waals surface area contributed by atoms with Crippen LogP contribution in [0.15, 0.2) is 42.5 Å². The number of rotatable bonds is 4. The van der Waals surface area contributed by atoms with Gasteiger partial charge in [-0.15, -0.1) is 0 Å². The molecule has 0 saturated carbocycles. The van der Waals surface area contributed by atoms with Crippen LogP contribution in [-0.2, 0) is 0 Å². The Morgan fingerprint density at radius 1 is 1.33 bits per heavy atom. The molecule has 3 N–H and O–H groups in total. The number of nitrogen functional groups attached to an aromatic ring is 1. The van der Waals surface area contributed by atoms with Crippen molar-refractivity contribution in [1.82, 2.24) is 0 Å². The molecule has 0 aromatic heterocycles. The predicted octanol–water partition coefficient (Wildman–Crippen LogP) is 2.79. The van der Waals surface area contributed by atoms with Crippen LogP contribution in [-0.4, -0.2) is 12.5 Å². The molecule has 21 heavy (non-hydrogen) atoms. The predicted molar refractivity (Wildman–Crippen MR) is 81.1 cm³/mol. The first-order valence-electron chi connectivity index (χ1n) is 6.48. The summed E-state index contributed by atoms with van der Waals surface area (Å²) in [4.78, 5) is 12.2. The van der Waals surface area contributed by atoms with E-state index in [9.17, 15) is 4.79 Å². The van der Waals surface area contributed by atoms with Gasteiger partial charge in [0.1, 0.15) is 11.8 Å². The van der Waals surface area contributed by atoms with Gasteiger partial charge in [-0.2, -0.15) is 5.26 Å². The van der Waals surface area contributed by atoms with Crippen molar-refractivity contribution in [1.29, 1.82) is 5.26 Å². The Hall–Kier alpha value is -3.00. The van der Waals surface area contributed by atoms with Gasteiger partial charge in [-0.3, -0.25) is 4.79 Å². The maximum absolute atomic E-state index is 12.2. The van der Waals surface area contributed by atoms with Gasteiger partial charge in [-0.25, -0.2) is 0 Å². The molecule has 0 aliphatic carbocycles. The second-order valence-electron chi connectivity index (χ2n) is 4.30. The second-order valence-corrected chi connectivity index (χ2v) is 4.30. The van der Waals surface area contributed by atoms with E-state index in [0.29, 0.717) is 34.9 Å². The molecule has 0 heterocycles. The third-order valence-electron chi connectivity index (χ3n) is 2.87. The van der Waals surface area contributed by atoms with Crippen molar-refractivity contribution in [2.24, 2.45) is 0 Å². The van der Waals surface area contributed by atoms with E-state index in [0.717, 1.165) is 0 Å². The fourth-order valence-corrected chi connectivity index (χ4v) is 1.86. The summed E-state index contributed by atoms with van der Waals surface area (Å²) in [6.07, 6.45) is 0. The molecule has 5 nitrogen and oxygen atoms in total. The molecule has 0 fully saturated rings. The standard InChI is InChI=1S/C16H15N3O2/c1-2-21-15-8-7-11(9-13(15)18)16(20)19-14-6-4-3-5-12(14)10-17/h3-9H,2,18H2,1H3,(H,19,20). The molecule has 0 unspecified atom stereocenters. The lowest BCUT2D eigenvalue weighted by atomic mass is 10.1. The highest BCUT2D eigenvalue weighted by atomic mass is 16.5. The fourth-order valence-electron chi connectivity index (χ4n) is 1.86. The minimum atomic E-state index is -0.326. The Balaban J connectivity index is 2.21. The number of nitrogens with one attached hydrogen (secondary N) is 1. The van der Waals surface area contributed by atoms with Crippen molar-refractivity contribution in [2.45, 2.75) is 6.92 Å². The van der Waals surface area contributed by atoms with Gasteiger partial charge in [-0.1, -0.05) is 12.1 Å². The van der Waals surface area contributed by atoms with E-state index < -0.39 is 0 Å². The van der Waals surface area contributed by atoms with Crippen molar-refractivity contribution in [3.63, 3.8) is 0 Å². The maximum Gasteiger partial charge on any atom is 0.255 e. The van der Waals surface area contributed by atoms with E-state index in [1.807, 2.05) is 13.0 Å². The number of benzene rings is 2. The van der Waals surface area contributed by atoms with Crippen molar-refractivity contribution in [2.75, 3.05) is 17.7 Å². The van der Waals surface area contributed by atoms with Crippen LogP contribution in [0.25, 0.3) is 0 Å². The van der Waals surface area contributed by atoms with E-state index in [1.165, 1.54) is 0 Å². The first-order chi connectivity index (χ1) is 10.2. The van der Waals surface area contributed by atoms with Crippen molar-refractivity contribution in [3.05, 3.63) is 53.6 Å². The van der Waals surface area contributed by atoms with Crippen LogP contribution < -0.4 is 15.8 Å². The number of para-hydroxylation sites is 1. The summed E-state index contributed by atoms with van der Waals surface area (Å²) in [5.41, 5.74) is 7.52. The van der Waals surface area contributed by atoms with Gasteiger partial charge in [0, 0.05) is 5.56 Å². The topological polar surface area (TPSA) is 88.1 Å². The normalized spacial score (nSPS) is 9.71. The highest BCUT2D eigenvalue weighted by Crippen LogP contribution is 2.23. The number of nitrogens with two attached hydrogens (primary N) is 1. The summed E-state index contributed by atoms with van der Waals surface area (Å²) in [5, 5.41) is 11.7. The monoisotopic (exact) mass is 281 g/mol. The molecule has 106 valence electrons. The number of ether oxygens (including phenoxy) is 1. The minimum absolute atomic E-state index is 0.326. The summed E-state index contributed by atoms with van der Waals surface area (Å²) in [7, 11) is 0. The van der Waals surface area contributed by atoms with Gasteiger partial charge in [0.05, 0.1) is 23.5 Å². The Morgan fingerprint density at radius 2 is 2.10 bits per heavy atom. The van der Waals surface area contributed by atoms with Gasteiger partial charge in [-0.05, 0) is 37.3 Å². The summed E-state index contributed by atoms with van der Waals surface area (Å²) in [6, 6.07) is 13.7. The summed E-state index contributed by atoms with van der Waals surface area (Å²) in [5.74, 6) is 0.221. The summed E-state index contributed by atoms with van der Waals surface area (Å²) >= 11 is 0. The molecule has 0 saturated heterocycles. The molecule has 5 heteroatoms. The molecule has 0 radical (unpaired) electrons. The van der Waals surface area contributed by atoms with Crippen LogP contribution in [0.3, 0.4) is 0 Å². The smallest absolute Gasteiger partial charge is 0.255 e. The van der Waals surface area contributed by atoms with Crippen LogP contribution in [0.5, 0.6) is 5.75 Å². The number of carbonyl (C=O) groups excluding carboxylic acids is 1. The van der Waals surface area contributed by atoms with Crippen molar-refractivity contribution < 1.29 is 9.53 Å².